The SMILES string of the molecule is CCCN(Cc1ccc(OCCn2c(O)ccc2O)c(F)c1)C(CC(=O)O)c1ccc(Cl)c(F)c1. The van der Waals surface area contributed by atoms with Crippen LogP contribution in [0.2, 0.25) is 5.02 Å². The Kier molecular flexibility index (Phi) is 8.95. The van der Waals surface area contributed by atoms with E-state index in [2.05, 4.69) is 0 Å². The van der Waals surface area contributed by atoms with E-state index in [1.165, 1.54) is 41.0 Å². The third-order valence-corrected chi connectivity index (χ3v) is 5.84. The van der Waals surface area contributed by atoms with Crippen LogP contribution in [-0.2, 0) is 17.9 Å². The van der Waals surface area contributed by atoms with Crippen LogP contribution in [0.1, 0.15) is 36.9 Å². The summed E-state index contributed by atoms with van der Waals surface area (Å²) in [6.45, 7) is 2.80. The lowest BCUT2D eigenvalue weighted by Crippen LogP contribution is -2.31. The average Bonchev–Trinajstić information content (AvgIpc) is 3.12. The molecule has 0 saturated carbocycles. The molecule has 7 nitrogen and oxygen atoms in total. The number of nitrogens with zero attached hydrogens (tertiary/aromatic N) is 2. The second-order valence-electron chi connectivity index (χ2n) is 8.07. The van der Waals surface area contributed by atoms with Crippen molar-refractivity contribution in [3.63, 3.8) is 0 Å². The van der Waals surface area contributed by atoms with Gasteiger partial charge in [-0.25, -0.2) is 8.78 Å². The minimum atomic E-state index is -1.04. The fraction of sp³-hybridized carbons (Fsp3) is 0.320. The Morgan fingerprint density at radius 2 is 1.80 bits per heavy atom. The highest BCUT2D eigenvalue weighted by atomic mass is 35.5. The number of ether oxygens (including phenoxy) is 1. The van der Waals surface area contributed by atoms with Crippen LogP contribution in [0.15, 0.2) is 48.5 Å². The molecule has 0 aliphatic heterocycles. The van der Waals surface area contributed by atoms with Crippen LogP contribution >= 0.6 is 11.6 Å². The summed E-state index contributed by atoms with van der Waals surface area (Å²) in [7, 11) is 0. The molecule has 0 amide bonds. The Morgan fingerprint density at radius 3 is 2.40 bits per heavy atom. The highest BCUT2D eigenvalue weighted by molar-refractivity contribution is 6.30. The minimum absolute atomic E-state index is 0.00351. The lowest BCUT2D eigenvalue weighted by molar-refractivity contribution is -0.138. The van der Waals surface area contributed by atoms with Gasteiger partial charge < -0.3 is 20.1 Å². The largest absolute Gasteiger partial charge is 0.494 e. The predicted octanol–water partition coefficient (Wildman–Crippen LogP) is 5.34. The van der Waals surface area contributed by atoms with Crippen molar-refractivity contribution >= 4 is 17.6 Å². The predicted molar refractivity (Wildman–Crippen MR) is 127 cm³/mol. The summed E-state index contributed by atoms with van der Waals surface area (Å²) in [5, 5.41) is 28.7. The lowest BCUT2D eigenvalue weighted by Gasteiger charge is -2.31. The molecule has 0 radical (unpaired) electrons. The van der Waals surface area contributed by atoms with Gasteiger partial charge in [-0.05, 0) is 48.4 Å². The summed E-state index contributed by atoms with van der Waals surface area (Å²) in [4.78, 5) is 13.4. The topological polar surface area (TPSA) is 95.2 Å². The van der Waals surface area contributed by atoms with Crippen LogP contribution in [0, 0.1) is 11.6 Å². The molecule has 0 spiro atoms. The van der Waals surface area contributed by atoms with Gasteiger partial charge in [0.2, 0.25) is 0 Å². The van der Waals surface area contributed by atoms with Crippen LogP contribution in [-0.4, -0.2) is 43.9 Å². The number of halogens is 3. The molecule has 0 bridgehead atoms. The van der Waals surface area contributed by atoms with E-state index in [-0.39, 0.29) is 48.6 Å². The Bertz CT molecular complexity index is 1150. The summed E-state index contributed by atoms with van der Waals surface area (Å²) in [5.74, 6) is -2.54. The van der Waals surface area contributed by atoms with Gasteiger partial charge in [0.1, 0.15) is 12.4 Å². The molecular formula is C25H27ClF2N2O5. The molecule has 3 N–H and O–H groups in total. The number of rotatable bonds is 12. The molecule has 35 heavy (non-hydrogen) atoms. The number of hydrogen-bond acceptors (Lipinski definition) is 5. The lowest BCUT2D eigenvalue weighted by atomic mass is 10.0. The Labute approximate surface area is 206 Å². The first-order chi connectivity index (χ1) is 16.7. The maximum Gasteiger partial charge on any atom is 0.305 e. The maximum atomic E-state index is 14.7. The van der Waals surface area contributed by atoms with Gasteiger partial charge >= 0.3 is 5.97 Å². The number of benzene rings is 2. The number of aliphatic carboxylic acids is 1. The summed E-state index contributed by atoms with van der Waals surface area (Å²) >= 11 is 5.79. The summed E-state index contributed by atoms with van der Waals surface area (Å²) in [6, 6.07) is 10.7. The summed E-state index contributed by atoms with van der Waals surface area (Å²) in [6.07, 6.45) is 0.443. The molecule has 0 saturated heterocycles. The highest BCUT2D eigenvalue weighted by Gasteiger charge is 2.24. The Hall–Kier alpha value is -3.30. The van der Waals surface area contributed by atoms with Crippen molar-refractivity contribution in [3.8, 4) is 17.5 Å². The summed E-state index contributed by atoms with van der Waals surface area (Å²) in [5.41, 5.74) is 1.06. The van der Waals surface area contributed by atoms with Crippen LogP contribution in [0.4, 0.5) is 8.78 Å². The highest BCUT2D eigenvalue weighted by Crippen LogP contribution is 2.30. The van der Waals surface area contributed by atoms with Gasteiger partial charge in [0.05, 0.1) is 18.0 Å². The first-order valence-corrected chi connectivity index (χ1v) is 11.5. The van der Waals surface area contributed by atoms with Crippen molar-refractivity contribution in [1.82, 2.24) is 9.47 Å². The van der Waals surface area contributed by atoms with Gasteiger partial charge in [-0.3, -0.25) is 14.3 Å². The monoisotopic (exact) mass is 508 g/mol. The third-order valence-electron chi connectivity index (χ3n) is 5.54. The van der Waals surface area contributed by atoms with E-state index in [4.69, 9.17) is 16.3 Å². The molecule has 1 unspecified atom stereocenters. The van der Waals surface area contributed by atoms with E-state index < -0.39 is 23.6 Å². The molecular weight excluding hydrogens is 482 g/mol. The van der Waals surface area contributed by atoms with E-state index in [0.717, 1.165) is 0 Å². The molecule has 1 heterocycles. The number of hydrogen-bond donors (Lipinski definition) is 3. The second-order valence-corrected chi connectivity index (χ2v) is 8.48. The van der Waals surface area contributed by atoms with Crippen molar-refractivity contribution in [2.24, 2.45) is 0 Å². The number of carboxylic acids is 1. The fourth-order valence-corrected chi connectivity index (χ4v) is 4.01. The van der Waals surface area contributed by atoms with Crippen molar-refractivity contribution in [1.29, 1.82) is 0 Å². The van der Waals surface area contributed by atoms with E-state index in [1.54, 1.807) is 12.1 Å². The maximum absolute atomic E-state index is 14.7. The number of carboxylic acid groups (broad SMARTS) is 1. The number of carbonyl (C=O) groups is 1. The van der Waals surface area contributed by atoms with Crippen LogP contribution in [0.3, 0.4) is 0 Å². The standard InChI is InChI=1S/C25H27ClF2N2O5/c1-2-9-29(21(14-25(33)34)17-4-5-18(26)19(27)13-17)15-16-3-6-22(20(28)12-16)35-11-10-30-23(31)7-8-24(30)32/h3-8,12-13,21,31-32H,2,9-11,14-15H2,1H3,(H,33,34). The Morgan fingerprint density at radius 1 is 1.09 bits per heavy atom. The van der Waals surface area contributed by atoms with E-state index >= 15 is 0 Å². The van der Waals surface area contributed by atoms with Crippen LogP contribution < -0.4 is 4.74 Å². The quantitative estimate of drug-likeness (QED) is 0.306. The molecule has 10 heteroatoms. The third kappa shape index (κ3) is 6.86. The van der Waals surface area contributed by atoms with Gasteiger partial charge in [-0.2, -0.15) is 0 Å². The van der Waals surface area contributed by atoms with Crippen molar-refractivity contribution in [2.75, 3.05) is 13.2 Å². The first-order valence-electron chi connectivity index (χ1n) is 11.1. The molecule has 0 fully saturated rings. The normalized spacial score (nSPS) is 12.1. The van der Waals surface area contributed by atoms with Gasteiger partial charge in [0.25, 0.3) is 0 Å². The fourth-order valence-electron chi connectivity index (χ4n) is 3.89. The first kappa shape index (κ1) is 26.3. The van der Waals surface area contributed by atoms with Crippen molar-refractivity contribution in [2.45, 2.75) is 38.9 Å². The van der Waals surface area contributed by atoms with Gasteiger partial charge in [-0.1, -0.05) is 30.7 Å². The molecule has 0 aliphatic rings. The molecule has 3 aromatic rings. The Balaban J connectivity index is 1.74. The van der Waals surface area contributed by atoms with Gasteiger partial charge in [0.15, 0.2) is 23.3 Å². The zero-order valence-corrected chi connectivity index (χ0v) is 19.9. The number of aromatic nitrogens is 1. The van der Waals surface area contributed by atoms with Crippen LogP contribution in [0.5, 0.6) is 17.5 Å². The average molecular weight is 509 g/mol. The van der Waals surface area contributed by atoms with Gasteiger partial charge in [-0.15, -0.1) is 0 Å². The summed E-state index contributed by atoms with van der Waals surface area (Å²) < 4.78 is 35.5. The molecule has 3 rings (SSSR count). The van der Waals surface area contributed by atoms with E-state index in [0.29, 0.717) is 24.1 Å². The van der Waals surface area contributed by atoms with Crippen molar-refractivity contribution in [3.05, 3.63) is 76.3 Å². The van der Waals surface area contributed by atoms with E-state index in [1.807, 2.05) is 11.8 Å². The smallest absolute Gasteiger partial charge is 0.305 e. The molecule has 1 aromatic heterocycles. The molecule has 0 aliphatic carbocycles. The van der Waals surface area contributed by atoms with Gasteiger partial charge in [0, 0.05) is 24.7 Å². The molecule has 1 atom stereocenters. The van der Waals surface area contributed by atoms with Crippen molar-refractivity contribution < 1.29 is 33.6 Å². The zero-order chi connectivity index (χ0) is 25.5. The minimum Gasteiger partial charge on any atom is -0.494 e. The van der Waals surface area contributed by atoms with Crippen LogP contribution in [0.25, 0.3) is 0 Å². The second kappa shape index (κ2) is 11.9. The zero-order valence-electron chi connectivity index (χ0n) is 19.1. The van der Waals surface area contributed by atoms with E-state index in [9.17, 15) is 28.9 Å². The number of aromatic hydroxyl groups is 2. The molecule has 2 aromatic carbocycles. The molecule has 188 valence electrons.